The van der Waals surface area contributed by atoms with Gasteiger partial charge in [-0.2, -0.15) is 5.26 Å². The number of hydrogen-bond acceptors (Lipinski definition) is 1. The number of nitriles is 1. The molecule has 0 aliphatic carbocycles. The standard InChI is InChI=1S/C10H17N2.ClH/c1-5-7-10(6-2)12(3,4)9-8-11;/h5-6,10H,1-2,7,9H2,3-4H3;1H/q+1;/p-1. The lowest BCUT2D eigenvalue weighted by molar-refractivity contribution is -0.901. The lowest BCUT2D eigenvalue weighted by atomic mass is 10.1. The molecule has 74 valence electrons. The van der Waals surface area contributed by atoms with E-state index in [9.17, 15) is 0 Å². The summed E-state index contributed by atoms with van der Waals surface area (Å²) in [4.78, 5) is 0. The highest BCUT2D eigenvalue weighted by atomic mass is 35.5. The van der Waals surface area contributed by atoms with Crippen LogP contribution < -0.4 is 12.4 Å². The summed E-state index contributed by atoms with van der Waals surface area (Å²) in [7, 11) is 4.05. The smallest absolute Gasteiger partial charge is 0.166 e. The largest absolute Gasteiger partial charge is 1.00 e. The lowest BCUT2D eigenvalue weighted by Crippen LogP contribution is -3.00. The number of halogens is 1. The Balaban J connectivity index is 0. The predicted molar refractivity (Wildman–Crippen MR) is 51.4 cm³/mol. The average molecular weight is 201 g/mol. The van der Waals surface area contributed by atoms with Crippen molar-refractivity contribution in [2.45, 2.75) is 12.5 Å². The fraction of sp³-hybridized carbons (Fsp3) is 0.500. The molecular weight excluding hydrogens is 184 g/mol. The number of likely N-dealkylation sites (N-methyl/N-ethyl adjacent to an activating group) is 1. The fourth-order valence-corrected chi connectivity index (χ4v) is 1.14. The Morgan fingerprint density at radius 1 is 1.46 bits per heavy atom. The Hall–Kier alpha value is -0.780. The summed E-state index contributed by atoms with van der Waals surface area (Å²) in [5.74, 6) is 0. The zero-order valence-electron chi connectivity index (χ0n) is 8.33. The number of rotatable bonds is 5. The van der Waals surface area contributed by atoms with Gasteiger partial charge in [0.15, 0.2) is 6.54 Å². The average Bonchev–Trinajstić information content (AvgIpc) is 1.99. The first kappa shape index (κ1) is 14.7. The van der Waals surface area contributed by atoms with Gasteiger partial charge in [-0.05, 0) is 6.08 Å². The predicted octanol–water partition coefficient (Wildman–Crippen LogP) is -1.28. The molecule has 2 nitrogen and oxygen atoms in total. The van der Waals surface area contributed by atoms with Crippen molar-refractivity contribution in [3.05, 3.63) is 25.3 Å². The Labute approximate surface area is 87.2 Å². The van der Waals surface area contributed by atoms with E-state index in [2.05, 4.69) is 19.2 Å². The van der Waals surface area contributed by atoms with Crippen molar-refractivity contribution in [1.82, 2.24) is 0 Å². The Morgan fingerprint density at radius 3 is 2.31 bits per heavy atom. The summed E-state index contributed by atoms with van der Waals surface area (Å²) in [6.07, 6.45) is 4.63. The van der Waals surface area contributed by atoms with Crippen LogP contribution in [0.4, 0.5) is 0 Å². The summed E-state index contributed by atoms with van der Waals surface area (Å²) in [6, 6.07) is 2.46. The molecule has 0 rings (SSSR count). The molecule has 1 atom stereocenters. The summed E-state index contributed by atoms with van der Waals surface area (Å²) in [6.45, 7) is 7.94. The quantitative estimate of drug-likeness (QED) is 0.308. The van der Waals surface area contributed by atoms with Crippen LogP contribution >= 0.6 is 0 Å². The van der Waals surface area contributed by atoms with Crippen molar-refractivity contribution in [2.75, 3.05) is 20.6 Å². The summed E-state index contributed by atoms with van der Waals surface area (Å²) in [5, 5.41) is 8.59. The van der Waals surface area contributed by atoms with E-state index < -0.39 is 0 Å². The van der Waals surface area contributed by atoms with Gasteiger partial charge in [0.05, 0.1) is 14.1 Å². The third-order valence-electron chi connectivity index (χ3n) is 2.06. The van der Waals surface area contributed by atoms with E-state index in [1.54, 1.807) is 0 Å². The Kier molecular flexibility index (Phi) is 7.60. The second-order valence-electron chi connectivity index (χ2n) is 3.42. The molecule has 0 aliphatic heterocycles. The lowest BCUT2D eigenvalue weighted by Gasteiger charge is -2.33. The van der Waals surface area contributed by atoms with E-state index in [0.717, 1.165) is 6.42 Å². The van der Waals surface area contributed by atoms with Gasteiger partial charge in [0, 0.05) is 6.42 Å². The second-order valence-corrected chi connectivity index (χ2v) is 3.42. The van der Waals surface area contributed by atoms with Gasteiger partial charge < -0.3 is 16.9 Å². The van der Waals surface area contributed by atoms with Crippen LogP contribution in [-0.2, 0) is 0 Å². The summed E-state index contributed by atoms with van der Waals surface area (Å²) >= 11 is 0. The highest BCUT2D eigenvalue weighted by Gasteiger charge is 2.23. The summed E-state index contributed by atoms with van der Waals surface area (Å²) < 4.78 is 0.659. The van der Waals surface area contributed by atoms with Crippen molar-refractivity contribution in [1.29, 1.82) is 5.26 Å². The van der Waals surface area contributed by atoms with E-state index in [-0.39, 0.29) is 12.4 Å². The van der Waals surface area contributed by atoms with Gasteiger partial charge in [-0.1, -0.05) is 12.7 Å². The first-order valence-corrected chi connectivity index (χ1v) is 4.01. The van der Waals surface area contributed by atoms with Crippen LogP contribution in [0.25, 0.3) is 0 Å². The van der Waals surface area contributed by atoms with Gasteiger partial charge in [-0.3, -0.25) is 0 Å². The third-order valence-corrected chi connectivity index (χ3v) is 2.06. The van der Waals surface area contributed by atoms with Gasteiger partial charge in [-0.15, -0.1) is 6.58 Å². The van der Waals surface area contributed by atoms with Crippen LogP contribution in [0.2, 0.25) is 0 Å². The molecule has 0 saturated heterocycles. The number of nitrogens with zero attached hydrogens (tertiary/aromatic N) is 2. The normalized spacial score (nSPS) is 12.1. The van der Waals surface area contributed by atoms with Crippen molar-refractivity contribution in [2.24, 2.45) is 0 Å². The van der Waals surface area contributed by atoms with Crippen LogP contribution in [0.15, 0.2) is 25.3 Å². The van der Waals surface area contributed by atoms with Gasteiger partial charge in [0.2, 0.25) is 0 Å². The highest BCUT2D eigenvalue weighted by molar-refractivity contribution is 4.87. The molecule has 13 heavy (non-hydrogen) atoms. The molecule has 0 N–H and O–H groups in total. The minimum absolute atomic E-state index is 0. The molecule has 0 spiro atoms. The topological polar surface area (TPSA) is 23.8 Å². The number of quaternary nitrogens is 1. The minimum Gasteiger partial charge on any atom is -1.00 e. The van der Waals surface area contributed by atoms with Crippen molar-refractivity contribution in [3.8, 4) is 6.07 Å². The van der Waals surface area contributed by atoms with Crippen LogP contribution in [-0.4, -0.2) is 31.2 Å². The maximum absolute atomic E-state index is 8.59. The number of hydrogen-bond donors (Lipinski definition) is 0. The minimum atomic E-state index is 0. The summed E-state index contributed by atoms with van der Waals surface area (Å²) in [5.41, 5.74) is 0. The molecule has 0 amide bonds. The first-order valence-electron chi connectivity index (χ1n) is 4.01. The Bertz CT molecular complexity index is 203. The van der Waals surface area contributed by atoms with Crippen LogP contribution in [0, 0.1) is 11.3 Å². The van der Waals surface area contributed by atoms with E-state index in [1.807, 2.05) is 26.2 Å². The zero-order valence-corrected chi connectivity index (χ0v) is 9.09. The fourth-order valence-electron chi connectivity index (χ4n) is 1.14. The molecule has 0 saturated carbocycles. The van der Waals surface area contributed by atoms with Crippen molar-refractivity contribution in [3.63, 3.8) is 0 Å². The van der Waals surface area contributed by atoms with Crippen LogP contribution in [0.1, 0.15) is 6.42 Å². The molecule has 0 radical (unpaired) electrons. The SMILES string of the molecule is C=CCC(C=C)[N+](C)(C)CC#N.[Cl-]. The Morgan fingerprint density at radius 2 is 2.00 bits per heavy atom. The second kappa shape index (κ2) is 6.71. The maximum Gasteiger partial charge on any atom is 0.166 e. The van der Waals surface area contributed by atoms with Crippen LogP contribution in [0.3, 0.4) is 0 Å². The van der Waals surface area contributed by atoms with Gasteiger partial charge in [-0.25, -0.2) is 0 Å². The van der Waals surface area contributed by atoms with E-state index in [0.29, 0.717) is 17.1 Å². The van der Waals surface area contributed by atoms with E-state index in [4.69, 9.17) is 5.26 Å². The third kappa shape index (κ3) is 4.72. The first-order chi connectivity index (χ1) is 5.58. The molecule has 1 unspecified atom stereocenters. The van der Waals surface area contributed by atoms with Crippen LogP contribution in [0.5, 0.6) is 0 Å². The van der Waals surface area contributed by atoms with Crippen molar-refractivity contribution >= 4 is 0 Å². The highest BCUT2D eigenvalue weighted by Crippen LogP contribution is 2.11. The van der Waals surface area contributed by atoms with E-state index in [1.165, 1.54) is 0 Å². The molecule has 0 aromatic carbocycles. The van der Waals surface area contributed by atoms with Gasteiger partial charge in [0.25, 0.3) is 0 Å². The maximum atomic E-state index is 8.59. The molecule has 0 heterocycles. The van der Waals surface area contributed by atoms with E-state index >= 15 is 0 Å². The molecule has 0 aromatic heterocycles. The molecule has 0 bridgehead atoms. The molecule has 0 fully saturated rings. The molecule has 0 aromatic rings. The van der Waals surface area contributed by atoms with Gasteiger partial charge >= 0.3 is 0 Å². The molecule has 0 aliphatic rings. The zero-order chi connectivity index (χ0) is 9.61. The monoisotopic (exact) mass is 200 g/mol. The van der Waals surface area contributed by atoms with Crippen molar-refractivity contribution < 1.29 is 16.9 Å². The molecule has 3 heteroatoms. The van der Waals surface area contributed by atoms with Gasteiger partial charge in [0.1, 0.15) is 12.1 Å². The molecular formula is C10H17ClN2.